The van der Waals surface area contributed by atoms with Crippen molar-refractivity contribution < 1.29 is 9.53 Å². The smallest absolute Gasteiger partial charge is 0.255 e. The van der Waals surface area contributed by atoms with Gasteiger partial charge in [0.2, 0.25) is 0 Å². The summed E-state index contributed by atoms with van der Waals surface area (Å²) in [5, 5.41) is 0.884. The van der Waals surface area contributed by atoms with Gasteiger partial charge in [-0.2, -0.15) is 0 Å². The van der Waals surface area contributed by atoms with E-state index in [1.54, 1.807) is 29.4 Å². The number of hydrogen-bond donors (Lipinski definition) is 0. The van der Waals surface area contributed by atoms with Gasteiger partial charge in [0.1, 0.15) is 17.9 Å². The number of halogens is 2. The Morgan fingerprint density at radius 2 is 1.74 bits per heavy atom. The molecular formula is C23H22Cl2N4O2. The van der Waals surface area contributed by atoms with Crippen molar-refractivity contribution in [3.05, 3.63) is 70.5 Å². The van der Waals surface area contributed by atoms with Gasteiger partial charge in [-0.15, -0.1) is 0 Å². The summed E-state index contributed by atoms with van der Waals surface area (Å²) in [6.07, 6.45) is 1.58. The Hall–Kier alpha value is -2.83. The lowest BCUT2D eigenvalue weighted by atomic mass is 10.1. The summed E-state index contributed by atoms with van der Waals surface area (Å²) in [7, 11) is 0. The number of nitrogens with zero attached hydrogens (tertiary/aromatic N) is 4. The van der Waals surface area contributed by atoms with Crippen molar-refractivity contribution in [2.75, 3.05) is 37.7 Å². The van der Waals surface area contributed by atoms with Crippen molar-refractivity contribution in [3.63, 3.8) is 0 Å². The molecule has 0 N–H and O–H groups in total. The average Bonchev–Trinajstić information content (AvgIpc) is 2.80. The predicted octanol–water partition coefficient (Wildman–Crippen LogP) is 4.81. The van der Waals surface area contributed by atoms with Crippen LogP contribution in [0.25, 0.3) is 11.3 Å². The third kappa shape index (κ3) is 4.92. The number of anilines is 1. The summed E-state index contributed by atoms with van der Waals surface area (Å²) in [6, 6.07) is 14.8. The lowest BCUT2D eigenvalue weighted by Crippen LogP contribution is -2.49. The molecule has 0 atom stereocenters. The van der Waals surface area contributed by atoms with Gasteiger partial charge in [0.25, 0.3) is 5.91 Å². The standard InChI is InChI=1S/C23H22Cl2N4O2/c1-2-31-18-6-3-16(4-7-18)21-14-22(27-15-26-21)28-9-11-29(12-10-28)23(30)19-8-5-17(24)13-20(19)25/h3-8,13-15H,2,9-12H2,1H3. The first kappa shape index (κ1) is 21.4. The fraction of sp³-hybridized carbons (Fsp3) is 0.261. The van der Waals surface area contributed by atoms with Crippen LogP contribution < -0.4 is 9.64 Å². The molecule has 2 aromatic carbocycles. The number of ether oxygens (including phenoxy) is 1. The zero-order chi connectivity index (χ0) is 21.8. The summed E-state index contributed by atoms with van der Waals surface area (Å²) in [4.78, 5) is 25.6. The van der Waals surface area contributed by atoms with E-state index in [-0.39, 0.29) is 5.91 Å². The third-order valence-electron chi connectivity index (χ3n) is 5.17. The molecule has 6 nitrogen and oxygen atoms in total. The van der Waals surface area contributed by atoms with Gasteiger partial charge in [-0.1, -0.05) is 23.2 Å². The molecule has 2 heterocycles. The maximum absolute atomic E-state index is 12.8. The monoisotopic (exact) mass is 456 g/mol. The molecule has 31 heavy (non-hydrogen) atoms. The van der Waals surface area contributed by atoms with Crippen molar-refractivity contribution in [2.45, 2.75) is 6.92 Å². The summed E-state index contributed by atoms with van der Waals surface area (Å²) < 4.78 is 5.50. The van der Waals surface area contributed by atoms with Crippen molar-refractivity contribution in [1.29, 1.82) is 0 Å². The Kier molecular flexibility index (Phi) is 6.59. The third-order valence-corrected chi connectivity index (χ3v) is 5.71. The molecule has 4 rings (SSSR count). The maximum atomic E-state index is 12.8. The number of amides is 1. The van der Waals surface area contributed by atoms with Crippen LogP contribution in [0.3, 0.4) is 0 Å². The molecule has 1 aliphatic heterocycles. The number of hydrogen-bond acceptors (Lipinski definition) is 5. The largest absolute Gasteiger partial charge is 0.494 e. The zero-order valence-electron chi connectivity index (χ0n) is 17.1. The van der Waals surface area contributed by atoms with Crippen LogP contribution in [-0.2, 0) is 0 Å². The molecule has 0 spiro atoms. The minimum Gasteiger partial charge on any atom is -0.494 e. The van der Waals surface area contributed by atoms with Crippen LogP contribution in [0.1, 0.15) is 17.3 Å². The van der Waals surface area contributed by atoms with E-state index in [0.717, 1.165) is 22.8 Å². The van der Waals surface area contributed by atoms with Crippen LogP contribution in [0.15, 0.2) is 54.9 Å². The van der Waals surface area contributed by atoms with E-state index in [1.807, 2.05) is 37.3 Å². The summed E-state index contributed by atoms with van der Waals surface area (Å²) in [5.41, 5.74) is 2.32. The Labute approximate surface area is 191 Å². The van der Waals surface area contributed by atoms with E-state index < -0.39 is 0 Å². The Balaban J connectivity index is 1.43. The molecule has 0 bridgehead atoms. The minimum absolute atomic E-state index is 0.0842. The van der Waals surface area contributed by atoms with Gasteiger partial charge in [0, 0.05) is 42.8 Å². The molecule has 1 aromatic heterocycles. The molecule has 1 aliphatic rings. The minimum atomic E-state index is -0.0842. The molecule has 1 amide bonds. The predicted molar refractivity (Wildman–Crippen MR) is 123 cm³/mol. The van der Waals surface area contributed by atoms with E-state index in [4.69, 9.17) is 27.9 Å². The van der Waals surface area contributed by atoms with Gasteiger partial charge in [0.15, 0.2) is 0 Å². The second-order valence-corrected chi connectivity index (χ2v) is 7.97. The second kappa shape index (κ2) is 9.54. The van der Waals surface area contributed by atoms with Crippen LogP contribution in [0.5, 0.6) is 5.75 Å². The van der Waals surface area contributed by atoms with E-state index in [2.05, 4.69) is 14.9 Å². The average molecular weight is 457 g/mol. The summed E-state index contributed by atoms with van der Waals surface area (Å²) in [6.45, 7) is 5.12. The van der Waals surface area contributed by atoms with E-state index in [1.165, 1.54) is 0 Å². The molecule has 0 saturated carbocycles. The summed E-state index contributed by atoms with van der Waals surface area (Å²) >= 11 is 12.1. The molecule has 1 saturated heterocycles. The number of carbonyl (C=O) groups excluding carboxylic acids is 1. The lowest BCUT2D eigenvalue weighted by Gasteiger charge is -2.35. The molecular weight excluding hydrogens is 435 g/mol. The molecule has 3 aromatic rings. The Morgan fingerprint density at radius 3 is 2.42 bits per heavy atom. The van der Waals surface area contributed by atoms with Gasteiger partial charge in [-0.05, 0) is 49.4 Å². The molecule has 0 unspecified atom stereocenters. The topological polar surface area (TPSA) is 58.6 Å². The maximum Gasteiger partial charge on any atom is 0.255 e. The van der Waals surface area contributed by atoms with Gasteiger partial charge in [0.05, 0.1) is 22.9 Å². The number of aromatic nitrogens is 2. The molecule has 0 aliphatic carbocycles. The second-order valence-electron chi connectivity index (χ2n) is 7.12. The zero-order valence-corrected chi connectivity index (χ0v) is 18.6. The van der Waals surface area contributed by atoms with Crippen molar-refractivity contribution in [1.82, 2.24) is 14.9 Å². The first-order chi connectivity index (χ1) is 15.0. The van der Waals surface area contributed by atoms with Gasteiger partial charge in [-0.3, -0.25) is 4.79 Å². The van der Waals surface area contributed by atoms with E-state index in [0.29, 0.717) is 48.4 Å². The fourth-order valence-electron chi connectivity index (χ4n) is 3.54. The number of rotatable bonds is 5. The first-order valence-corrected chi connectivity index (χ1v) is 10.9. The summed E-state index contributed by atoms with van der Waals surface area (Å²) in [5.74, 6) is 1.59. The lowest BCUT2D eigenvalue weighted by molar-refractivity contribution is 0.0746. The first-order valence-electron chi connectivity index (χ1n) is 10.1. The van der Waals surface area contributed by atoms with Crippen LogP contribution in [0, 0.1) is 0 Å². The van der Waals surface area contributed by atoms with E-state index >= 15 is 0 Å². The SMILES string of the molecule is CCOc1ccc(-c2cc(N3CCN(C(=O)c4ccc(Cl)cc4Cl)CC3)ncn2)cc1. The molecule has 1 fully saturated rings. The normalized spacial score (nSPS) is 13.9. The highest BCUT2D eigenvalue weighted by Crippen LogP contribution is 2.25. The van der Waals surface area contributed by atoms with Crippen molar-refractivity contribution in [3.8, 4) is 17.0 Å². The number of benzene rings is 2. The van der Waals surface area contributed by atoms with Gasteiger partial charge in [-0.25, -0.2) is 9.97 Å². The quantitative estimate of drug-likeness (QED) is 0.551. The molecule has 160 valence electrons. The van der Waals surface area contributed by atoms with Crippen LogP contribution in [-0.4, -0.2) is 53.6 Å². The Morgan fingerprint density at radius 1 is 1.00 bits per heavy atom. The fourth-order valence-corrected chi connectivity index (χ4v) is 4.03. The molecule has 8 heteroatoms. The van der Waals surface area contributed by atoms with Gasteiger partial charge < -0.3 is 14.5 Å². The van der Waals surface area contributed by atoms with Gasteiger partial charge >= 0.3 is 0 Å². The highest BCUT2D eigenvalue weighted by molar-refractivity contribution is 6.36. The highest BCUT2D eigenvalue weighted by Gasteiger charge is 2.24. The van der Waals surface area contributed by atoms with Crippen molar-refractivity contribution in [2.24, 2.45) is 0 Å². The number of piperazine rings is 1. The highest BCUT2D eigenvalue weighted by atomic mass is 35.5. The Bertz CT molecular complexity index is 1070. The van der Waals surface area contributed by atoms with Crippen molar-refractivity contribution >= 4 is 34.9 Å². The van der Waals surface area contributed by atoms with Crippen LogP contribution in [0.4, 0.5) is 5.82 Å². The number of carbonyl (C=O) groups is 1. The van der Waals surface area contributed by atoms with Crippen LogP contribution >= 0.6 is 23.2 Å². The van der Waals surface area contributed by atoms with E-state index in [9.17, 15) is 4.79 Å². The van der Waals surface area contributed by atoms with Crippen LogP contribution in [0.2, 0.25) is 10.0 Å². The molecule has 0 radical (unpaired) electrons.